The van der Waals surface area contributed by atoms with Gasteiger partial charge in [0.1, 0.15) is 11.2 Å². The van der Waals surface area contributed by atoms with Crippen molar-refractivity contribution in [2.75, 3.05) is 0 Å². The summed E-state index contributed by atoms with van der Waals surface area (Å²) in [5.74, 6) is 0.654. The third-order valence-electron chi connectivity index (χ3n) is 11.4. The summed E-state index contributed by atoms with van der Waals surface area (Å²) in [7, 11) is 0. The van der Waals surface area contributed by atoms with Gasteiger partial charge in [-0.25, -0.2) is 15.0 Å². The van der Waals surface area contributed by atoms with Crippen molar-refractivity contribution >= 4 is 65.4 Å². The van der Waals surface area contributed by atoms with Crippen LogP contribution in [0.15, 0.2) is 199 Å². The third-order valence-corrected chi connectivity index (χ3v) is 11.4. The topological polar surface area (TPSA) is 56.7 Å². The molecular weight excluding hydrogens is 709 g/mol. The molecule has 0 atom stereocenters. The molecule has 0 saturated carbocycles. The van der Waals surface area contributed by atoms with E-state index < -0.39 is 0 Å². The number of para-hydroxylation sites is 3. The lowest BCUT2D eigenvalue weighted by molar-refractivity contribution is 0.673. The van der Waals surface area contributed by atoms with Gasteiger partial charge in [-0.05, 0) is 66.7 Å². The molecule has 0 fully saturated rings. The van der Waals surface area contributed by atoms with Crippen LogP contribution < -0.4 is 0 Å². The van der Waals surface area contributed by atoms with E-state index in [1.165, 1.54) is 16.3 Å². The van der Waals surface area contributed by atoms with E-state index in [0.29, 0.717) is 5.82 Å². The van der Waals surface area contributed by atoms with E-state index in [1.54, 1.807) is 0 Å². The summed E-state index contributed by atoms with van der Waals surface area (Å²) in [5, 5.41) is 7.62. The first-order chi connectivity index (χ1) is 28.7. The fourth-order valence-corrected chi connectivity index (χ4v) is 8.69. The number of fused-ring (bicyclic) bond motifs is 10. The molecule has 5 nitrogen and oxygen atoms in total. The maximum Gasteiger partial charge on any atom is 0.160 e. The van der Waals surface area contributed by atoms with Crippen LogP contribution in [0.25, 0.3) is 116 Å². The molecule has 4 heterocycles. The maximum absolute atomic E-state index is 6.78. The summed E-state index contributed by atoms with van der Waals surface area (Å²) in [6.45, 7) is 0. The average molecular weight is 741 g/mol. The van der Waals surface area contributed by atoms with Crippen molar-refractivity contribution in [3.05, 3.63) is 194 Å². The van der Waals surface area contributed by atoms with Gasteiger partial charge in [-0.2, -0.15) is 0 Å². The van der Waals surface area contributed by atoms with Crippen molar-refractivity contribution in [1.82, 2.24) is 19.5 Å². The summed E-state index contributed by atoms with van der Waals surface area (Å²) in [6.07, 6.45) is 0. The van der Waals surface area contributed by atoms with E-state index in [2.05, 4.69) is 180 Å². The van der Waals surface area contributed by atoms with Crippen LogP contribution in [0.2, 0.25) is 0 Å². The lowest BCUT2D eigenvalue weighted by atomic mass is 9.97. The van der Waals surface area contributed by atoms with Crippen molar-refractivity contribution in [2.45, 2.75) is 0 Å². The Morgan fingerprint density at radius 3 is 1.81 bits per heavy atom. The van der Waals surface area contributed by atoms with Gasteiger partial charge in [0.2, 0.25) is 0 Å². The van der Waals surface area contributed by atoms with Crippen LogP contribution in [0.5, 0.6) is 0 Å². The molecule has 12 aromatic rings. The Morgan fingerprint density at radius 1 is 0.379 bits per heavy atom. The second kappa shape index (κ2) is 12.8. The highest BCUT2D eigenvalue weighted by atomic mass is 16.3. The predicted octanol–water partition coefficient (Wildman–Crippen LogP) is 13.8. The highest BCUT2D eigenvalue weighted by Gasteiger charge is 2.20. The summed E-state index contributed by atoms with van der Waals surface area (Å²) >= 11 is 0. The monoisotopic (exact) mass is 740 g/mol. The Hall–Kier alpha value is -7.89. The van der Waals surface area contributed by atoms with Crippen molar-refractivity contribution in [1.29, 1.82) is 0 Å². The van der Waals surface area contributed by atoms with Gasteiger partial charge in [0, 0.05) is 65.6 Å². The molecule has 58 heavy (non-hydrogen) atoms. The molecule has 8 aromatic carbocycles. The Labute approximate surface area is 333 Å². The maximum atomic E-state index is 6.78. The molecule has 0 amide bonds. The highest BCUT2D eigenvalue weighted by Crippen LogP contribution is 2.42. The molecule has 12 rings (SSSR count). The minimum Gasteiger partial charge on any atom is -0.455 e. The fraction of sp³-hybridized carbons (Fsp3) is 0. The lowest BCUT2D eigenvalue weighted by Gasteiger charge is -2.11. The van der Waals surface area contributed by atoms with Crippen LogP contribution in [0.3, 0.4) is 0 Å². The fourth-order valence-electron chi connectivity index (χ4n) is 8.69. The Morgan fingerprint density at radius 2 is 1.00 bits per heavy atom. The largest absolute Gasteiger partial charge is 0.455 e. The minimum absolute atomic E-state index is 0.654. The predicted molar refractivity (Wildman–Crippen MR) is 238 cm³/mol. The van der Waals surface area contributed by atoms with Crippen LogP contribution >= 0.6 is 0 Å². The number of pyridine rings is 1. The van der Waals surface area contributed by atoms with Gasteiger partial charge in [-0.15, -0.1) is 0 Å². The zero-order chi connectivity index (χ0) is 38.2. The van der Waals surface area contributed by atoms with E-state index in [9.17, 15) is 0 Å². The van der Waals surface area contributed by atoms with Gasteiger partial charge in [0.25, 0.3) is 0 Å². The van der Waals surface area contributed by atoms with E-state index >= 15 is 0 Å². The number of rotatable bonds is 5. The van der Waals surface area contributed by atoms with E-state index in [-0.39, 0.29) is 0 Å². The summed E-state index contributed by atoms with van der Waals surface area (Å²) in [4.78, 5) is 15.7. The van der Waals surface area contributed by atoms with Crippen molar-refractivity contribution in [3.63, 3.8) is 0 Å². The first kappa shape index (κ1) is 32.4. The summed E-state index contributed by atoms with van der Waals surface area (Å²) in [5.41, 5.74) is 12.8. The van der Waals surface area contributed by atoms with Crippen LogP contribution in [-0.4, -0.2) is 19.5 Å². The number of hydrogen-bond donors (Lipinski definition) is 0. The van der Waals surface area contributed by atoms with Crippen LogP contribution in [0.1, 0.15) is 0 Å². The molecule has 0 spiro atoms. The van der Waals surface area contributed by atoms with Crippen LogP contribution in [0, 0.1) is 0 Å². The number of hydrogen-bond acceptors (Lipinski definition) is 4. The van der Waals surface area contributed by atoms with Gasteiger partial charge >= 0.3 is 0 Å². The molecule has 0 aliphatic rings. The minimum atomic E-state index is 0.654. The molecule has 5 heteroatoms. The SMILES string of the molecule is c1ccc(-c2cc(-c3ccc4c(c3)c3ccccc3n4-c3ccccc3)nc(-c3ccc4oc5c(ccc6c(-c7ccccc7)nc7ccccc7c65)c4c3)n2)cc1. The number of benzene rings is 8. The normalized spacial score (nSPS) is 11.8. The van der Waals surface area contributed by atoms with Gasteiger partial charge in [-0.3, -0.25) is 0 Å². The zero-order valence-electron chi connectivity index (χ0n) is 31.2. The van der Waals surface area contributed by atoms with Crippen molar-refractivity contribution < 1.29 is 4.42 Å². The quantitative estimate of drug-likeness (QED) is 0.165. The second-order valence-corrected chi connectivity index (χ2v) is 14.8. The van der Waals surface area contributed by atoms with Crippen molar-refractivity contribution in [2.24, 2.45) is 0 Å². The zero-order valence-corrected chi connectivity index (χ0v) is 31.2. The summed E-state index contributed by atoms with van der Waals surface area (Å²) < 4.78 is 9.12. The van der Waals surface area contributed by atoms with E-state index in [4.69, 9.17) is 19.4 Å². The Kier molecular flexibility index (Phi) is 7.16. The summed E-state index contributed by atoms with van der Waals surface area (Å²) in [6, 6.07) is 67.7. The van der Waals surface area contributed by atoms with Crippen LogP contribution in [0.4, 0.5) is 0 Å². The number of furan rings is 1. The molecule has 4 aromatic heterocycles. The molecule has 0 aliphatic carbocycles. The Balaban J connectivity index is 1.06. The average Bonchev–Trinajstić information content (AvgIpc) is 3.84. The second-order valence-electron chi connectivity index (χ2n) is 14.8. The number of nitrogens with zero attached hydrogens (tertiary/aromatic N) is 4. The van der Waals surface area contributed by atoms with E-state index in [1.807, 2.05) is 18.2 Å². The molecule has 270 valence electrons. The molecule has 0 bridgehead atoms. The van der Waals surface area contributed by atoms with Crippen LogP contribution in [-0.2, 0) is 0 Å². The lowest BCUT2D eigenvalue weighted by Crippen LogP contribution is -1.96. The van der Waals surface area contributed by atoms with Gasteiger partial charge < -0.3 is 8.98 Å². The van der Waals surface area contributed by atoms with E-state index in [0.717, 1.165) is 94.2 Å². The van der Waals surface area contributed by atoms with Gasteiger partial charge in [0.15, 0.2) is 5.82 Å². The molecule has 0 N–H and O–H groups in total. The third kappa shape index (κ3) is 5.07. The van der Waals surface area contributed by atoms with Gasteiger partial charge in [0.05, 0.1) is 33.6 Å². The Bertz CT molecular complexity index is 3550. The molecule has 0 unspecified atom stereocenters. The molecule has 0 aliphatic heterocycles. The first-order valence-electron chi connectivity index (χ1n) is 19.5. The molecule has 0 radical (unpaired) electrons. The molecule has 0 saturated heterocycles. The first-order valence-corrected chi connectivity index (χ1v) is 19.5. The van der Waals surface area contributed by atoms with Crippen molar-refractivity contribution in [3.8, 4) is 50.8 Å². The van der Waals surface area contributed by atoms with Gasteiger partial charge in [-0.1, -0.05) is 127 Å². The number of aromatic nitrogens is 4. The highest BCUT2D eigenvalue weighted by molar-refractivity contribution is 6.25. The smallest absolute Gasteiger partial charge is 0.160 e. The standard InChI is InChI=1S/C53H32N4O/c1-4-14-33(15-5-1)45-32-46(35-24-28-48-42(30-35)38-20-11-13-23-47(38)57(48)37-18-8-3-9-19-37)56-53(55-45)36-25-29-49-43(31-36)39-26-27-41-50(52(39)58-49)40-21-10-12-22-44(40)54-51(41)34-16-6-2-7-17-34/h1-32H. The molecular formula is C53H32N4O.